The molecule has 3 aromatic rings. The molecule has 0 atom stereocenters. The summed E-state index contributed by atoms with van der Waals surface area (Å²) in [6, 6.07) is 14.4. The molecule has 0 saturated carbocycles. The van der Waals surface area contributed by atoms with Crippen LogP contribution in [-0.2, 0) is 13.6 Å². The van der Waals surface area contributed by atoms with Crippen molar-refractivity contribution in [3.63, 3.8) is 0 Å². The Morgan fingerprint density at radius 1 is 1.15 bits per heavy atom. The Hall–Kier alpha value is -2.49. The van der Waals surface area contributed by atoms with Crippen LogP contribution in [0.5, 0.6) is 5.75 Å². The van der Waals surface area contributed by atoms with Crippen LogP contribution in [0.15, 0.2) is 48.7 Å². The number of ether oxygens (including phenoxy) is 1. The number of benzene rings is 2. The number of fused-ring (bicyclic) bond motifs is 1. The van der Waals surface area contributed by atoms with E-state index in [9.17, 15) is 0 Å². The molecule has 3 rings (SSSR count). The first-order chi connectivity index (χ1) is 9.78. The van der Waals surface area contributed by atoms with Crippen molar-refractivity contribution in [1.29, 1.82) is 0 Å². The summed E-state index contributed by atoms with van der Waals surface area (Å²) < 4.78 is 7.26. The molecule has 0 amide bonds. The molecule has 0 saturated heterocycles. The minimum atomic E-state index is 0.682. The van der Waals surface area contributed by atoms with Crippen molar-refractivity contribution < 1.29 is 4.74 Å². The van der Waals surface area contributed by atoms with Crippen molar-refractivity contribution in [3.05, 3.63) is 54.2 Å². The fourth-order valence-electron chi connectivity index (χ4n) is 2.38. The van der Waals surface area contributed by atoms with E-state index in [1.807, 2.05) is 37.5 Å². The van der Waals surface area contributed by atoms with Gasteiger partial charge in [0.1, 0.15) is 11.6 Å². The van der Waals surface area contributed by atoms with E-state index in [2.05, 4.69) is 28.6 Å². The third-order valence-electron chi connectivity index (χ3n) is 3.38. The van der Waals surface area contributed by atoms with Gasteiger partial charge in [0.05, 0.1) is 7.11 Å². The molecule has 2 aromatic carbocycles. The molecule has 0 spiro atoms. The number of hydrogen-bond donors (Lipinski definition) is 1. The van der Waals surface area contributed by atoms with Gasteiger partial charge in [0.2, 0.25) is 0 Å². The lowest BCUT2D eigenvalue weighted by atomic mass is 10.0. The third-order valence-corrected chi connectivity index (χ3v) is 3.38. The van der Waals surface area contributed by atoms with Crippen molar-refractivity contribution in [1.82, 2.24) is 9.78 Å². The zero-order chi connectivity index (χ0) is 13.9. The van der Waals surface area contributed by atoms with Crippen LogP contribution in [0.1, 0.15) is 5.56 Å². The highest BCUT2D eigenvalue weighted by molar-refractivity contribution is 5.88. The molecule has 0 fully saturated rings. The molecule has 0 aliphatic rings. The van der Waals surface area contributed by atoms with E-state index in [4.69, 9.17) is 4.74 Å². The Bertz CT molecular complexity index is 733. The minimum Gasteiger partial charge on any atom is -0.496 e. The maximum absolute atomic E-state index is 5.48. The largest absolute Gasteiger partial charge is 0.496 e. The number of methoxy groups -OCH3 is 1. The van der Waals surface area contributed by atoms with Crippen LogP contribution in [0, 0.1) is 0 Å². The lowest BCUT2D eigenvalue weighted by Crippen LogP contribution is -2.03. The summed E-state index contributed by atoms with van der Waals surface area (Å²) in [5, 5.41) is 10.1. The maximum atomic E-state index is 5.48. The second-order valence-corrected chi connectivity index (χ2v) is 4.70. The second kappa shape index (κ2) is 5.25. The summed E-state index contributed by atoms with van der Waals surface area (Å²) >= 11 is 0. The molecule has 1 heterocycles. The van der Waals surface area contributed by atoms with Gasteiger partial charge in [0.25, 0.3) is 0 Å². The van der Waals surface area contributed by atoms with Gasteiger partial charge in [0.15, 0.2) is 0 Å². The van der Waals surface area contributed by atoms with Crippen LogP contribution in [0.4, 0.5) is 5.82 Å². The number of hydrogen-bond acceptors (Lipinski definition) is 3. The third kappa shape index (κ3) is 2.32. The summed E-state index contributed by atoms with van der Waals surface area (Å²) in [5.41, 5.74) is 1.15. The summed E-state index contributed by atoms with van der Waals surface area (Å²) in [5.74, 6) is 1.76. The van der Waals surface area contributed by atoms with Crippen LogP contribution in [0.3, 0.4) is 0 Å². The standard InChI is InChI=1S/C16H17N3O/c1-19-10-9-16(18-19)17-11-14-13-6-4-3-5-12(13)7-8-15(14)20-2/h3-10H,11H2,1-2H3,(H,17,18). The Morgan fingerprint density at radius 2 is 2.00 bits per heavy atom. The van der Waals surface area contributed by atoms with E-state index in [1.165, 1.54) is 10.8 Å². The summed E-state index contributed by atoms with van der Waals surface area (Å²) in [4.78, 5) is 0. The number of nitrogens with zero attached hydrogens (tertiary/aromatic N) is 2. The van der Waals surface area contributed by atoms with Gasteiger partial charge in [-0.2, -0.15) is 5.10 Å². The number of anilines is 1. The van der Waals surface area contributed by atoms with Crippen molar-refractivity contribution in [2.75, 3.05) is 12.4 Å². The van der Waals surface area contributed by atoms with Crippen molar-refractivity contribution in [3.8, 4) is 5.75 Å². The molecule has 0 aliphatic carbocycles. The van der Waals surface area contributed by atoms with Gasteiger partial charge in [-0.3, -0.25) is 4.68 Å². The topological polar surface area (TPSA) is 39.1 Å². The highest BCUT2D eigenvalue weighted by Crippen LogP contribution is 2.28. The molecule has 1 N–H and O–H groups in total. The minimum absolute atomic E-state index is 0.682. The smallest absolute Gasteiger partial charge is 0.148 e. The van der Waals surface area contributed by atoms with Gasteiger partial charge >= 0.3 is 0 Å². The lowest BCUT2D eigenvalue weighted by molar-refractivity contribution is 0.411. The monoisotopic (exact) mass is 267 g/mol. The highest BCUT2D eigenvalue weighted by atomic mass is 16.5. The van der Waals surface area contributed by atoms with Gasteiger partial charge in [-0.25, -0.2) is 0 Å². The van der Waals surface area contributed by atoms with Crippen molar-refractivity contribution in [2.45, 2.75) is 6.54 Å². The van der Waals surface area contributed by atoms with E-state index in [0.29, 0.717) is 6.54 Å². The fraction of sp³-hybridized carbons (Fsp3) is 0.188. The van der Waals surface area contributed by atoms with E-state index in [0.717, 1.165) is 17.1 Å². The molecule has 1 aromatic heterocycles. The van der Waals surface area contributed by atoms with E-state index < -0.39 is 0 Å². The highest BCUT2D eigenvalue weighted by Gasteiger charge is 2.08. The van der Waals surface area contributed by atoms with E-state index in [-0.39, 0.29) is 0 Å². The maximum Gasteiger partial charge on any atom is 0.148 e. The number of aryl methyl sites for hydroxylation is 1. The van der Waals surface area contributed by atoms with Gasteiger partial charge in [-0.15, -0.1) is 0 Å². The van der Waals surface area contributed by atoms with Gasteiger partial charge < -0.3 is 10.1 Å². The van der Waals surface area contributed by atoms with Crippen LogP contribution >= 0.6 is 0 Å². The molecule has 0 bridgehead atoms. The van der Waals surface area contributed by atoms with Gasteiger partial charge in [-0.1, -0.05) is 30.3 Å². The second-order valence-electron chi connectivity index (χ2n) is 4.70. The molecule has 20 heavy (non-hydrogen) atoms. The first-order valence-corrected chi connectivity index (χ1v) is 6.56. The Balaban J connectivity index is 1.96. The predicted molar refractivity (Wildman–Crippen MR) is 81.0 cm³/mol. The molecule has 0 aliphatic heterocycles. The SMILES string of the molecule is COc1ccc2ccccc2c1CNc1ccn(C)n1. The van der Waals surface area contributed by atoms with Crippen LogP contribution < -0.4 is 10.1 Å². The van der Waals surface area contributed by atoms with Gasteiger partial charge in [0, 0.05) is 31.4 Å². The van der Waals surface area contributed by atoms with Crippen molar-refractivity contribution >= 4 is 16.6 Å². The molecule has 4 nitrogen and oxygen atoms in total. The molecule has 0 unspecified atom stereocenters. The molecule has 4 heteroatoms. The Labute approximate surface area is 118 Å². The predicted octanol–water partition coefficient (Wildman–Crippen LogP) is 3.19. The van der Waals surface area contributed by atoms with Crippen LogP contribution in [0.25, 0.3) is 10.8 Å². The number of aromatic nitrogens is 2. The number of rotatable bonds is 4. The normalized spacial score (nSPS) is 10.7. The summed E-state index contributed by atoms with van der Waals surface area (Å²) in [7, 11) is 3.61. The van der Waals surface area contributed by atoms with Gasteiger partial charge in [-0.05, 0) is 16.8 Å². The summed E-state index contributed by atoms with van der Waals surface area (Å²) in [6.45, 7) is 0.682. The molecular weight excluding hydrogens is 250 g/mol. The fourth-order valence-corrected chi connectivity index (χ4v) is 2.38. The first-order valence-electron chi connectivity index (χ1n) is 6.56. The first kappa shape index (κ1) is 12.5. The Kier molecular flexibility index (Phi) is 3.29. The molecule has 102 valence electrons. The zero-order valence-corrected chi connectivity index (χ0v) is 11.6. The number of nitrogens with one attached hydrogen (secondary N) is 1. The molecule has 0 radical (unpaired) electrons. The average Bonchev–Trinajstić information content (AvgIpc) is 2.90. The summed E-state index contributed by atoms with van der Waals surface area (Å²) in [6.07, 6.45) is 1.92. The lowest BCUT2D eigenvalue weighted by Gasteiger charge is -2.12. The van der Waals surface area contributed by atoms with Crippen LogP contribution in [0.2, 0.25) is 0 Å². The van der Waals surface area contributed by atoms with Crippen molar-refractivity contribution in [2.24, 2.45) is 7.05 Å². The van der Waals surface area contributed by atoms with E-state index >= 15 is 0 Å². The Morgan fingerprint density at radius 3 is 2.75 bits per heavy atom. The quantitative estimate of drug-likeness (QED) is 0.789. The zero-order valence-electron chi connectivity index (χ0n) is 11.6. The van der Waals surface area contributed by atoms with E-state index in [1.54, 1.807) is 11.8 Å². The average molecular weight is 267 g/mol. The molecular formula is C16H17N3O. The van der Waals surface area contributed by atoms with Crippen LogP contribution in [-0.4, -0.2) is 16.9 Å².